The van der Waals surface area contributed by atoms with Crippen molar-refractivity contribution < 1.29 is 18.7 Å². The number of furan rings is 1. The quantitative estimate of drug-likeness (QED) is 0.822. The summed E-state index contributed by atoms with van der Waals surface area (Å²) in [5.41, 5.74) is 1.01. The molecule has 26 heavy (non-hydrogen) atoms. The van der Waals surface area contributed by atoms with Gasteiger partial charge in [0.05, 0.1) is 11.3 Å². The van der Waals surface area contributed by atoms with Gasteiger partial charge in [-0.05, 0) is 43.7 Å². The Balaban J connectivity index is 1.56. The molecule has 0 saturated carbocycles. The molecule has 138 valence electrons. The lowest BCUT2D eigenvalue weighted by Crippen LogP contribution is -2.53. The molecule has 0 aliphatic carbocycles. The summed E-state index contributed by atoms with van der Waals surface area (Å²) < 4.78 is 10.9. The lowest BCUT2D eigenvalue weighted by atomic mass is 10.2. The van der Waals surface area contributed by atoms with Gasteiger partial charge in [0.25, 0.3) is 11.8 Å². The molecule has 2 heterocycles. The van der Waals surface area contributed by atoms with Gasteiger partial charge in [0, 0.05) is 26.2 Å². The Morgan fingerprint density at radius 1 is 1.15 bits per heavy atom. The highest BCUT2D eigenvalue weighted by atomic mass is 35.5. The number of amides is 2. The second kappa shape index (κ2) is 7.83. The standard InChI is InChI=1S/C19H21ClN2O4/c1-13-5-6-15(20)17(12-13)26-14(2)18(23)21-7-9-22(10-8-21)19(24)16-4-3-11-25-16/h3-6,11-12,14H,7-10H2,1-2H3/t14-/m1/s1. The molecule has 3 rings (SSSR count). The topological polar surface area (TPSA) is 63.0 Å². The molecule has 1 aliphatic rings. The van der Waals surface area contributed by atoms with Gasteiger partial charge >= 0.3 is 0 Å². The van der Waals surface area contributed by atoms with E-state index in [0.717, 1.165) is 5.56 Å². The van der Waals surface area contributed by atoms with Crippen molar-refractivity contribution in [3.63, 3.8) is 0 Å². The van der Waals surface area contributed by atoms with Gasteiger partial charge in [-0.3, -0.25) is 9.59 Å². The van der Waals surface area contributed by atoms with Gasteiger partial charge in [-0.15, -0.1) is 0 Å². The van der Waals surface area contributed by atoms with Crippen LogP contribution < -0.4 is 4.74 Å². The number of halogens is 1. The van der Waals surface area contributed by atoms with Gasteiger partial charge in [0.15, 0.2) is 11.9 Å². The first-order valence-electron chi connectivity index (χ1n) is 8.50. The van der Waals surface area contributed by atoms with Crippen LogP contribution in [-0.4, -0.2) is 53.9 Å². The van der Waals surface area contributed by atoms with E-state index in [-0.39, 0.29) is 11.8 Å². The van der Waals surface area contributed by atoms with E-state index in [1.54, 1.807) is 34.9 Å². The highest BCUT2D eigenvalue weighted by molar-refractivity contribution is 6.32. The van der Waals surface area contributed by atoms with E-state index < -0.39 is 6.10 Å². The van der Waals surface area contributed by atoms with Gasteiger partial charge in [0.1, 0.15) is 5.75 Å². The molecule has 1 atom stereocenters. The summed E-state index contributed by atoms with van der Waals surface area (Å²) in [6, 6.07) is 8.77. The fourth-order valence-corrected chi connectivity index (χ4v) is 3.05. The molecule has 2 aromatic rings. The van der Waals surface area contributed by atoms with Crippen LogP contribution in [0, 0.1) is 6.92 Å². The van der Waals surface area contributed by atoms with Gasteiger partial charge in [-0.1, -0.05) is 17.7 Å². The maximum absolute atomic E-state index is 12.6. The van der Waals surface area contributed by atoms with E-state index in [0.29, 0.717) is 42.7 Å². The number of piperazine rings is 1. The Bertz CT molecular complexity index is 783. The third kappa shape index (κ3) is 4.02. The zero-order chi connectivity index (χ0) is 18.7. The minimum atomic E-state index is -0.651. The molecule has 0 N–H and O–H groups in total. The summed E-state index contributed by atoms with van der Waals surface area (Å²) in [6.07, 6.45) is 0.823. The summed E-state index contributed by atoms with van der Waals surface area (Å²) in [6.45, 7) is 5.49. The summed E-state index contributed by atoms with van der Waals surface area (Å²) in [5, 5.41) is 0.476. The van der Waals surface area contributed by atoms with E-state index in [9.17, 15) is 9.59 Å². The lowest BCUT2D eigenvalue weighted by molar-refractivity contribution is -0.139. The molecule has 0 unspecified atom stereocenters. The van der Waals surface area contributed by atoms with Crippen LogP contribution in [0.25, 0.3) is 0 Å². The molecule has 6 nitrogen and oxygen atoms in total. The van der Waals surface area contributed by atoms with Crippen LogP contribution in [0.15, 0.2) is 41.0 Å². The van der Waals surface area contributed by atoms with Gasteiger partial charge in [-0.2, -0.15) is 0 Å². The molecule has 2 amide bonds. The number of carbonyl (C=O) groups is 2. The molecule has 1 aliphatic heterocycles. The first-order valence-corrected chi connectivity index (χ1v) is 8.88. The van der Waals surface area contributed by atoms with Crippen LogP contribution in [0.5, 0.6) is 5.75 Å². The number of rotatable bonds is 4. The number of benzene rings is 1. The number of ether oxygens (including phenoxy) is 1. The van der Waals surface area contributed by atoms with Crippen molar-refractivity contribution in [2.24, 2.45) is 0 Å². The van der Waals surface area contributed by atoms with Gasteiger partial charge in [0.2, 0.25) is 0 Å². The normalized spacial score (nSPS) is 15.7. The van der Waals surface area contributed by atoms with Gasteiger partial charge in [-0.25, -0.2) is 0 Å². The highest BCUT2D eigenvalue weighted by Gasteiger charge is 2.29. The fourth-order valence-electron chi connectivity index (χ4n) is 2.88. The second-order valence-electron chi connectivity index (χ2n) is 6.29. The SMILES string of the molecule is Cc1ccc(Cl)c(O[C@H](C)C(=O)N2CCN(C(=O)c3ccco3)CC2)c1. The van der Waals surface area contributed by atoms with E-state index in [2.05, 4.69) is 0 Å². The number of hydrogen-bond acceptors (Lipinski definition) is 4. The number of carbonyl (C=O) groups excluding carboxylic acids is 2. The van der Waals surface area contributed by atoms with E-state index in [4.69, 9.17) is 20.8 Å². The maximum atomic E-state index is 12.6. The predicted molar refractivity (Wildman–Crippen MR) is 97.5 cm³/mol. The molecule has 0 radical (unpaired) electrons. The molecular weight excluding hydrogens is 356 g/mol. The molecule has 1 aromatic heterocycles. The molecule has 1 aromatic carbocycles. The van der Waals surface area contributed by atoms with E-state index in [1.807, 2.05) is 19.1 Å². The molecule has 1 fully saturated rings. The molecule has 0 spiro atoms. The average molecular weight is 377 g/mol. The lowest BCUT2D eigenvalue weighted by Gasteiger charge is -2.35. The fraction of sp³-hybridized carbons (Fsp3) is 0.368. The summed E-state index contributed by atoms with van der Waals surface area (Å²) in [7, 11) is 0. The van der Waals surface area contributed by atoms with Crippen LogP contribution in [0.2, 0.25) is 5.02 Å². The highest BCUT2D eigenvalue weighted by Crippen LogP contribution is 2.26. The summed E-state index contributed by atoms with van der Waals surface area (Å²) >= 11 is 6.13. The number of hydrogen-bond donors (Lipinski definition) is 0. The predicted octanol–water partition coefficient (Wildman–Crippen LogP) is 2.99. The van der Waals surface area contributed by atoms with Crippen molar-refractivity contribution in [1.82, 2.24) is 9.80 Å². The van der Waals surface area contributed by atoms with Crippen LogP contribution >= 0.6 is 11.6 Å². The Morgan fingerprint density at radius 3 is 2.50 bits per heavy atom. The third-order valence-electron chi connectivity index (χ3n) is 4.35. The van der Waals surface area contributed by atoms with Crippen molar-refractivity contribution in [3.05, 3.63) is 52.9 Å². The minimum absolute atomic E-state index is 0.118. The van der Waals surface area contributed by atoms with Crippen LogP contribution in [0.3, 0.4) is 0 Å². The zero-order valence-electron chi connectivity index (χ0n) is 14.8. The first-order chi connectivity index (χ1) is 12.5. The smallest absolute Gasteiger partial charge is 0.289 e. The maximum Gasteiger partial charge on any atom is 0.289 e. The summed E-state index contributed by atoms with van der Waals surface area (Å²) in [4.78, 5) is 28.3. The Hall–Kier alpha value is -2.47. The Kier molecular flexibility index (Phi) is 5.52. The first kappa shape index (κ1) is 18.3. The Morgan fingerprint density at radius 2 is 1.85 bits per heavy atom. The van der Waals surface area contributed by atoms with Crippen LogP contribution in [-0.2, 0) is 4.79 Å². The average Bonchev–Trinajstić information content (AvgIpc) is 3.18. The molecule has 0 bridgehead atoms. The molecular formula is C19H21ClN2O4. The van der Waals surface area contributed by atoms with Crippen molar-refractivity contribution >= 4 is 23.4 Å². The van der Waals surface area contributed by atoms with Crippen LogP contribution in [0.1, 0.15) is 23.0 Å². The van der Waals surface area contributed by atoms with Crippen molar-refractivity contribution in [1.29, 1.82) is 0 Å². The number of nitrogens with zero attached hydrogens (tertiary/aromatic N) is 2. The van der Waals surface area contributed by atoms with E-state index in [1.165, 1.54) is 6.26 Å². The van der Waals surface area contributed by atoms with Gasteiger partial charge < -0.3 is 19.0 Å². The monoisotopic (exact) mass is 376 g/mol. The Labute approximate surface area is 157 Å². The van der Waals surface area contributed by atoms with Crippen molar-refractivity contribution in [3.8, 4) is 5.75 Å². The zero-order valence-corrected chi connectivity index (χ0v) is 15.5. The second-order valence-corrected chi connectivity index (χ2v) is 6.70. The number of aryl methyl sites for hydroxylation is 1. The van der Waals surface area contributed by atoms with Crippen molar-refractivity contribution in [2.45, 2.75) is 20.0 Å². The largest absolute Gasteiger partial charge is 0.479 e. The van der Waals surface area contributed by atoms with Crippen LogP contribution in [0.4, 0.5) is 0 Å². The van der Waals surface area contributed by atoms with Crippen molar-refractivity contribution in [2.75, 3.05) is 26.2 Å². The molecule has 1 saturated heterocycles. The van der Waals surface area contributed by atoms with E-state index >= 15 is 0 Å². The minimum Gasteiger partial charge on any atom is -0.479 e. The third-order valence-corrected chi connectivity index (χ3v) is 4.66. The molecule has 7 heteroatoms. The summed E-state index contributed by atoms with van der Waals surface area (Å²) in [5.74, 6) is 0.542.